The Morgan fingerprint density at radius 2 is 1.12 bits per heavy atom. The summed E-state index contributed by atoms with van der Waals surface area (Å²) in [4.78, 5) is 28.8. The zero-order valence-corrected chi connectivity index (χ0v) is 14.5. The Labute approximate surface area is 143 Å². The van der Waals surface area contributed by atoms with Crippen LogP contribution in [0.1, 0.15) is 71.4 Å². The normalized spacial score (nSPS) is 16.2. The van der Waals surface area contributed by atoms with Crippen molar-refractivity contribution in [3.8, 4) is 0 Å². The predicted molar refractivity (Wildman–Crippen MR) is 96.4 cm³/mol. The van der Waals surface area contributed by atoms with Gasteiger partial charge in [-0.3, -0.25) is 9.59 Å². The van der Waals surface area contributed by atoms with Gasteiger partial charge in [-0.25, -0.2) is 0 Å². The molecule has 0 N–H and O–H groups in total. The molecule has 1 aromatic carbocycles. The van der Waals surface area contributed by atoms with E-state index in [-0.39, 0.29) is 11.8 Å². The van der Waals surface area contributed by atoms with Gasteiger partial charge in [0.1, 0.15) is 0 Å². The molecule has 2 aliphatic rings. The highest BCUT2D eigenvalue weighted by Gasteiger charge is 2.37. The summed E-state index contributed by atoms with van der Waals surface area (Å²) in [5.74, 6) is -0.0895. The van der Waals surface area contributed by atoms with Gasteiger partial charge < -0.3 is 9.80 Å². The van der Waals surface area contributed by atoms with Crippen LogP contribution in [0.15, 0.2) is 25.3 Å². The van der Waals surface area contributed by atoms with Crippen molar-refractivity contribution < 1.29 is 9.59 Å². The van der Waals surface area contributed by atoms with Gasteiger partial charge in [-0.15, -0.1) is 0 Å². The number of hydrogen-bond donors (Lipinski definition) is 0. The van der Waals surface area contributed by atoms with E-state index in [9.17, 15) is 9.59 Å². The third-order valence-corrected chi connectivity index (χ3v) is 4.85. The smallest absolute Gasteiger partial charge is 0.258 e. The highest BCUT2D eigenvalue weighted by molar-refractivity contribution is 6.15. The fourth-order valence-corrected chi connectivity index (χ4v) is 3.36. The van der Waals surface area contributed by atoms with Gasteiger partial charge in [-0.2, -0.15) is 0 Å². The van der Waals surface area contributed by atoms with Crippen LogP contribution in [0.25, 0.3) is 11.4 Å². The Hall–Kier alpha value is -2.36. The molecule has 0 radical (unpaired) electrons. The topological polar surface area (TPSA) is 40.6 Å². The van der Waals surface area contributed by atoms with Crippen LogP contribution in [0.4, 0.5) is 0 Å². The lowest BCUT2D eigenvalue weighted by molar-refractivity contribution is 0.0848. The van der Waals surface area contributed by atoms with Crippen LogP contribution in [-0.4, -0.2) is 34.7 Å². The van der Waals surface area contributed by atoms with E-state index >= 15 is 0 Å². The molecule has 2 aliphatic heterocycles. The Balaban J connectivity index is 1.96. The largest absolute Gasteiger partial charge is 0.308 e. The van der Waals surface area contributed by atoms with E-state index < -0.39 is 0 Å². The summed E-state index contributed by atoms with van der Waals surface area (Å²) >= 11 is 0. The SMILES string of the molecule is C=C1c2cc3c(cc2C(=O)N1CCCC)C(=O)N(CCCC)C3=C. The maximum absolute atomic E-state index is 12.7. The minimum atomic E-state index is -0.0447. The average Bonchev–Trinajstić information content (AvgIpc) is 2.95. The van der Waals surface area contributed by atoms with E-state index in [1.165, 1.54) is 0 Å². The van der Waals surface area contributed by atoms with Crippen molar-refractivity contribution in [2.24, 2.45) is 0 Å². The molecule has 0 saturated carbocycles. The molecular weight excluding hydrogens is 300 g/mol. The quantitative estimate of drug-likeness (QED) is 0.789. The number of benzene rings is 1. The highest BCUT2D eigenvalue weighted by atomic mass is 16.2. The molecule has 0 fully saturated rings. The van der Waals surface area contributed by atoms with Gasteiger partial charge in [0, 0.05) is 35.6 Å². The number of carbonyl (C=O) groups excluding carboxylic acids is 2. The molecule has 0 aliphatic carbocycles. The molecule has 3 rings (SSSR count). The van der Waals surface area contributed by atoms with Crippen molar-refractivity contribution in [2.45, 2.75) is 39.5 Å². The molecule has 0 unspecified atom stereocenters. The van der Waals surface area contributed by atoms with Crippen LogP contribution >= 0.6 is 0 Å². The maximum Gasteiger partial charge on any atom is 0.258 e. The van der Waals surface area contributed by atoms with Crippen LogP contribution in [-0.2, 0) is 0 Å². The fourth-order valence-electron chi connectivity index (χ4n) is 3.36. The summed E-state index contributed by atoms with van der Waals surface area (Å²) in [6.07, 6.45) is 3.92. The van der Waals surface area contributed by atoms with Gasteiger partial charge in [0.05, 0.1) is 11.1 Å². The standard InChI is InChI=1S/C20H24N2O2/c1-5-7-9-21-13(3)15-11-16-14(4)22(10-8-6-2)20(24)18(16)12-17(15)19(21)23/h11-12H,3-10H2,1-2H3. The van der Waals surface area contributed by atoms with E-state index in [4.69, 9.17) is 0 Å². The molecule has 24 heavy (non-hydrogen) atoms. The van der Waals surface area contributed by atoms with Gasteiger partial charge in [0.25, 0.3) is 11.8 Å². The van der Waals surface area contributed by atoms with E-state index in [1.54, 1.807) is 15.9 Å². The molecule has 0 saturated heterocycles. The summed E-state index contributed by atoms with van der Waals surface area (Å²) < 4.78 is 0. The number of carbonyl (C=O) groups is 2. The van der Waals surface area contributed by atoms with Crippen molar-refractivity contribution in [1.82, 2.24) is 9.80 Å². The highest BCUT2D eigenvalue weighted by Crippen LogP contribution is 2.39. The van der Waals surface area contributed by atoms with Gasteiger partial charge in [0.15, 0.2) is 0 Å². The molecule has 0 spiro atoms. The molecule has 1 aromatic rings. The number of hydrogen-bond acceptors (Lipinski definition) is 2. The van der Waals surface area contributed by atoms with E-state index in [0.29, 0.717) is 24.2 Å². The molecule has 4 nitrogen and oxygen atoms in total. The molecule has 126 valence electrons. The minimum absolute atomic E-state index is 0.0447. The van der Waals surface area contributed by atoms with Crippen molar-refractivity contribution in [3.05, 3.63) is 47.5 Å². The molecular formula is C20H24N2O2. The predicted octanol–water partition coefficient (Wildman–Crippen LogP) is 4.14. The van der Waals surface area contributed by atoms with E-state index in [0.717, 1.165) is 48.2 Å². The first-order valence-corrected chi connectivity index (χ1v) is 8.71. The molecule has 2 heterocycles. The average molecular weight is 324 g/mol. The number of amides is 2. The first-order valence-electron chi connectivity index (χ1n) is 8.71. The van der Waals surface area contributed by atoms with Crippen molar-refractivity contribution in [3.63, 3.8) is 0 Å². The Kier molecular flexibility index (Phi) is 4.31. The van der Waals surface area contributed by atoms with Crippen molar-refractivity contribution >= 4 is 23.2 Å². The second-order valence-electron chi connectivity index (χ2n) is 6.46. The second-order valence-corrected chi connectivity index (χ2v) is 6.46. The lowest BCUT2D eigenvalue weighted by atomic mass is 9.99. The first kappa shape index (κ1) is 16.5. The fraction of sp³-hybridized carbons (Fsp3) is 0.400. The number of rotatable bonds is 6. The van der Waals surface area contributed by atoms with Gasteiger partial charge >= 0.3 is 0 Å². The lowest BCUT2D eigenvalue weighted by Gasteiger charge is -2.17. The van der Waals surface area contributed by atoms with Crippen LogP contribution < -0.4 is 0 Å². The number of nitrogens with zero attached hydrogens (tertiary/aromatic N) is 2. The van der Waals surface area contributed by atoms with Gasteiger partial charge in [0.2, 0.25) is 0 Å². The second kappa shape index (κ2) is 6.27. The molecule has 2 amide bonds. The zero-order valence-electron chi connectivity index (χ0n) is 14.5. The minimum Gasteiger partial charge on any atom is -0.308 e. The number of fused-ring (bicyclic) bond motifs is 2. The lowest BCUT2D eigenvalue weighted by Crippen LogP contribution is -2.25. The third kappa shape index (κ3) is 2.37. The van der Waals surface area contributed by atoms with E-state index in [2.05, 4.69) is 27.0 Å². The van der Waals surface area contributed by atoms with Crippen LogP contribution in [0.5, 0.6) is 0 Å². The first-order chi connectivity index (χ1) is 11.5. The van der Waals surface area contributed by atoms with Crippen molar-refractivity contribution in [2.75, 3.05) is 13.1 Å². The molecule has 0 bridgehead atoms. The monoisotopic (exact) mass is 324 g/mol. The molecule has 0 aromatic heterocycles. The summed E-state index contributed by atoms with van der Waals surface area (Å²) in [6.45, 7) is 13.7. The van der Waals surface area contributed by atoms with Crippen LogP contribution in [0, 0.1) is 0 Å². The zero-order chi connectivity index (χ0) is 17.4. The summed E-state index contributed by atoms with van der Waals surface area (Å²) in [6, 6.07) is 3.66. The third-order valence-electron chi connectivity index (χ3n) is 4.85. The summed E-state index contributed by atoms with van der Waals surface area (Å²) in [7, 11) is 0. The van der Waals surface area contributed by atoms with Crippen LogP contribution in [0.3, 0.4) is 0 Å². The Bertz CT molecular complexity index is 634. The van der Waals surface area contributed by atoms with Crippen LogP contribution in [0.2, 0.25) is 0 Å². The molecule has 4 heteroatoms. The van der Waals surface area contributed by atoms with E-state index in [1.807, 2.05) is 6.07 Å². The summed E-state index contributed by atoms with van der Waals surface area (Å²) in [5.41, 5.74) is 4.32. The Morgan fingerprint density at radius 3 is 1.50 bits per heavy atom. The Morgan fingerprint density at radius 1 is 0.750 bits per heavy atom. The maximum atomic E-state index is 12.7. The van der Waals surface area contributed by atoms with Crippen molar-refractivity contribution in [1.29, 1.82) is 0 Å². The van der Waals surface area contributed by atoms with Gasteiger partial charge in [-0.1, -0.05) is 39.8 Å². The summed E-state index contributed by atoms with van der Waals surface area (Å²) in [5, 5.41) is 0. The van der Waals surface area contributed by atoms with Gasteiger partial charge in [-0.05, 0) is 25.0 Å². The molecule has 0 atom stereocenters. The number of unbranched alkanes of at least 4 members (excludes halogenated alkanes) is 2.